The minimum Gasteiger partial charge on any atom is -0.454 e. The number of aromatic nitrogens is 2. The van der Waals surface area contributed by atoms with Crippen molar-refractivity contribution in [2.45, 2.75) is 12.7 Å². The summed E-state index contributed by atoms with van der Waals surface area (Å²) >= 11 is 5.73. The summed E-state index contributed by atoms with van der Waals surface area (Å²) in [5, 5.41) is 5.35. The molecule has 0 saturated heterocycles. The zero-order chi connectivity index (χ0) is 23.5. The van der Waals surface area contributed by atoms with Gasteiger partial charge in [0.1, 0.15) is 12.4 Å². The number of anilines is 1. The number of nitrogens with one attached hydrogen (secondary N) is 1. The lowest BCUT2D eigenvalue weighted by atomic mass is 10.1. The molecule has 1 amide bonds. The van der Waals surface area contributed by atoms with Crippen LogP contribution in [0.15, 0.2) is 51.7 Å². The fraction of sp³-hybridized carbons (Fsp3) is 0.158. The zero-order valence-electron chi connectivity index (χ0n) is 15.8. The van der Waals surface area contributed by atoms with E-state index in [0.29, 0.717) is 4.68 Å². The molecule has 1 heterocycles. The number of alkyl halides is 3. The maximum Gasteiger partial charge on any atom is 0.437 e. The van der Waals surface area contributed by atoms with Crippen LogP contribution in [0.25, 0.3) is 11.5 Å². The summed E-state index contributed by atoms with van der Waals surface area (Å²) < 4.78 is 62.3. The Labute approximate surface area is 181 Å². The number of benzene rings is 2. The van der Waals surface area contributed by atoms with E-state index in [9.17, 15) is 31.9 Å². The second kappa shape index (κ2) is 9.22. The molecular formula is C19H12ClF4N3O5. The second-order valence-corrected chi connectivity index (χ2v) is 6.61. The Morgan fingerprint density at radius 1 is 1.16 bits per heavy atom. The van der Waals surface area contributed by atoms with Gasteiger partial charge in [0.15, 0.2) is 6.61 Å². The quantitative estimate of drug-likeness (QED) is 0.434. The molecule has 0 atom stereocenters. The van der Waals surface area contributed by atoms with Crippen molar-refractivity contribution in [2.24, 2.45) is 0 Å². The summed E-state index contributed by atoms with van der Waals surface area (Å²) in [6.45, 7) is -1.69. The number of carbonyl (C=O) groups excluding carboxylic acids is 2. The zero-order valence-corrected chi connectivity index (χ0v) is 16.5. The topological polar surface area (TPSA) is 103 Å². The molecular weight excluding hydrogens is 462 g/mol. The van der Waals surface area contributed by atoms with Gasteiger partial charge in [-0.25, -0.2) is 9.18 Å². The van der Waals surface area contributed by atoms with Crippen LogP contribution >= 0.6 is 11.6 Å². The number of esters is 1. The fourth-order valence-electron chi connectivity index (χ4n) is 2.49. The third kappa shape index (κ3) is 5.52. The number of carbonyl (C=O) groups is 2. The van der Waals surface area contributed by atoms with E-state index in [1.807, 2.05) is 5.32 Å². The third-order valence-corrected chi connectivity index (χ3v) is 4.24. The lowest BCUT2D eigenvalue weighted by molar-refractivity contribution is -0.148. The van der Waals surface area contributed by atoms with Crippen molar-refractivity contribution >= 4 is 29.2 Å². The smallest absolute Gasteiger partial charge is 0.437 e. The van der Waals surface area contributed by atoms with Crippen LogP contribution in [0.5, 0.6) is 0 Å². The number of hydrogen-bond acceptors (Lipinski definition) is 6. The first-order chi connectivity index (χ1) is 15.0. The summed E-state index contributed by atoms with van der Waals surface area (Å²) in [5.41, 5.74) is -1.58. The predicted octanol–water partition coefficient (Wildman–Crippen LogP) is 3.50. The number of nitrogens with zero attached hydrogens (tertiary/aromatic N) is 2. The molecule has 13 heteroatoms. The van der Waals surface area contributed by atoms with Gasteiger partial charge >= 0.3 is 17.9 Å². The Morgan fingerprint density at radius 2 is 1.84 bits per heavy atom. The lowest BCUT2D eigenvalue weighted by Gasteiger charge is -2.15. The van der Waals surface area contributed by atoms with E-state index in [-0.39, 0.29) is 16.5 Å². The number of para-hydroxylation sites is 1. The minimum absolute atomic E-state index is 0.182. The highest BCUT2D eigenvalue weighted by Gasteiger charge is 2.34. The molecule has 0 saturated carbocycles. The molecule has 0 fully saturated rings. The highest BCUT2D eigenvalue weighted by atomic mass is 35.5. The van der Waals surface area contributed by atoms with Crippen molar-refractivity contribution in [3.63, 3.8) is 0 Å². The average Bonchev–Trinajstić information content (AvgIpc) is 3.08. The van der Waals surface area contributed by atoms with Gasteiger partial charge in [-0.05, 0) is 36.4 Å². The summed E-state index contributed by atoms with van der Waals surface area (Å²) in [5.74, 6) is -3.89. The Balaban J connectivity index is 1.61. The van der Waals surface area contributed by atoms with Crippen LogP contribution in [0.3, 0.4) is 0 Å². The van der Waals surface area contributed by atoms with Gasteiger partial charge in [0.2, 0.25) is 5.89 Å². The van der Waals surface area contributed by atoms with E-state index >= 15 is 0 Å². The van der Waals surface area contributed by atoms with Crippen molar-refractivity contribution in [3.8, 4) is 11.5 Å². The van der Waals surface area contributed by atoms with E-state index in [1.165, 1.54) is 12.1 Å². The number of ether oxygens (including phenoxy) is 1. The molecule has 1 aromatic heterocycles. The van der Waals surface area contributed by atoms with Gasteiger partial charge in [-0.15, -0.1) is 5.10 Å². The van der Waals surface area contributed by atoms with E-state index in [1.54, 1.807) is 0 Å². The molecule has 0 aliphatic heterocycles. The standard InChI is InChI=1S/C19H12ClF4N3O5/c20-13-3-1-2-12(19(22,23)24)16(13)25-14(28)9-31-15(29)8-27-18(30)32-17(26-27)10-4-6-11(21)7-5-10/h1-7H,8-9H2,(H,25,28). The number of hydrogen-bond donors (Lipinski definition) is 1. The van der Waals surface area contributed by atoms with E-state index in [2.05, 4.69) is 9.84 Å². The summed E-state index contributed by atoms with van der Waals surface area (Å²) in [6.07, 6.45) is -4.78. The average molecular weight is 474 g/mol. The van der Waals surface area contributed by atoms with Crippen molar-refractivity contribution in [1.82, 2.24) is 9.78 Å². The van der Waals surface area contributed by atoms with Crippen LogP contribution in [0.4, 0.5) is 23.2 Å². The Hall–Kier alpha value is -3.67. The van der Waals surface area contributed by atoms with E-state index < -0.39 is 54.0 Å². The number of rotatable bonds is 6. The first kappa shape index (κ1) is 23.0. The van der Waals surface area contributed by atoms with Crippen molar-refractivity contribution in [3.05, 3.63) is 69.4 Å². The molecule has 0 bridgehead atoms. The highest BCUT2D eigenvalue weighted by molar-refractivity contribution is 6.34. The van der Waals surface area contributed by atoms with Gasteiger partial charge in [-0.1, -0.05) is 17.7 Å². The van der Waals surface area contributed by atoms with Crippen LogP contribution < -0.4 is 11.1 Å². The second-order valence-electron chi connectivity index (χ2n) is 6.21. The van der Waals surface area contributed by atoms with Gasteiger partial charge < -0.3 is 14.5 Å². The third-order valence-electron chi connectivity index (χ3n) is 3.92. The van der Waals surface area contributed by atoms with Gasteiger partial charge in [0, 0.05) is 5.56 Å². The normalized spacial score (nSPS) is 11.3. The van der Waals surface area contributed by atoms with Gasteiger partial charge in [0.05, 0.1) is 16.3 Å². The molecule has 2 aromatic carbocycles. The first-order valence-corrected chi connectivity index (χ1v) is 9.07. The molecule has 0 spiro atoms. The fourth-order valence-corrected chi connectivity index (χ4v) is 2.71. The van der Waals surface area contributed by atoms with Crippen molar-refractivity contribution in [1.29, 1.82) is 0 Å². The van der Waals surface area contributed by atoms with E-state index in [4.69, 9.17) is 16.0 Å². The molecule has 8 nitrogen and oxygen atoms in total. The van der Waals surface area contributed by atoms with Crippen molar-refractivity contribution in [2.75, 3.05) is 11.9 Å². The Morgan fingerprint density at radius 3 is 2.50 bits per heavy atom. The SMILES string of the molecule is O=C(COC(=O)Cn1nc(-c2ccc(F)cc2)oc1=O)Nc1c(Cl)cccc1C(F)(F)F. The Bertz CT molecular complexity index is 1200. The summed E-state index contributed by atoms with van der Waals surface area (Å²) in [4.78, 5) is 35.7. The maximum absolute atomic E-state index is 13.1. The van der Waals surface area contributed by atoms with Crippen LogP contribution in [-0.4, -0.2) is 28.3 Å². The molecule has 3 aromatic rings. The predicted molar refractivity (Wildman–Crippen MR) is 102 cm³/mol. The summed E-state index contributed by atoms with van der Waals surface area (Å²) in [7, 11) is 0. The van der Waals surface area contributed by atoms with Crippen LogP contribution in [0.2, 0.25) is 5.02 Å². The van der Waals surface area contributed by atoms with Gasteiger partial charge in [-0.2, -0.15) is 17.9 Å². The molecule has 1 N–H and O–H groups in total. The molecule has 3 rings (SSSR count). The summed E-state index contributed by atoms with van der Waals surface area (Å²) in [6, 6.07) is 7.78. The molecule has 0 aliphatic carbocycles. The highest BCUT2D eigenvalue weighted by Crippen LogP contribution is 2.38. The minimum atomic E-state index is -4.78. The first-order valence-electron chi connectivity index (χ1n) is 8.69. The molecule has 0 unspecified atom stereocenters. The van der Waals surface area contributed by atoms with E-state index in [0.717, 1.165) is 30.3 Å². The molecule has 168 valence electrons. The van der Waals surface area contributed by atoms with Gasteiger partial charge in [-0.3, -0.25) is 9.59 Å². The Kier molecular flexibility index (Phi) is 6.63. The van der Waals surface area contributed by atoms with Gasteiger partial charge in [0.25, 0.3) is 5.91 Å². The van der Waals surface area contributed by atoms with Crippen LogP contribution in [0, 0.1) is 5.82 Å². The molecule has 0 aliphatic rings. The molecule has 0 radical (unpaired) electrons. The largest absolute Gasteiger partial charge is 0.454 e. The molecule has 32 heavy (non-hydrogen) atoms. The number of halogens is 5. The maximum atomic E-state index is 13.1. The lowest BCUT2D eigenvalue weighted by Crippen LogP contribution is -2.27. The number of amides is 1. The van der Waals surface area contributed by atoms with Crippen LogP contribution in [0.1, 0.15) is 5.56 Å². The van der Waals surface area contributed by atoms with Crippen molar-refractivity contribution < 1.29 is 36.3 Å². The van der Waals surface area contributed by atoms with Crippen LogP contribution in [-0.2, 0) is 27.0 Å². The monoisotopic (exact) mass is 473 g/mol.